The topological polar surface area (TPSA) is 106 Å². The summed E-state index contributed by atoms with van der Waals surface area (Å²) in [4.78, 5) is 32.5. The Balaban J connectivity index is 1.28. The molecule has 3 heterocycles. The number of thioether (sulfide) groups is 1. The van der Waals surface area contributed by atoms with E-state index in [0.29, 0.717) is 43.6 Å². The van der Waals surface area contributed by atoms with Crippen LogP contribution in [0.15, 0.2) is 101 Å². The van der Waals surface area contributed by atoms with Crippen LogP contribution in [0.5, 0.6) is 5.75 Å². The molecule has 0 radical (unpaired) electrons. The van der Waals surface area contributed by atoms with Gasteiger partial charge in [0.05, 0.1) is 11.6 Å². The Morgan fingerprint density at radius 2 is 1.80 bits per heavy atom. The Hall–Kier alpha value is -4.22. The fourth-order valence-electron chi connectivity index (χ4n) is 4.82. The molecule has 5 aromatic rings. The minimum Gasteiger partial charge on any atom is -0.507 e. The van der Waals surface area contributed by atoms with Crippen molar-refractivity contribution in [3.8, 4) is 5.75 Å². The monoisotopic (exact) mass is 674 g/mol. The predicted octanol–water partition coefficient (Wildman–Crippen LogP) is 8.05. The molecule has 1 unspecified atom stereocenters. The maximum absolute atomic E-state index is 13.5. The van der Waals surface area contributed by atoms with Crippen molar-refractivity contribution in [1.82, 2.24) is 15.2 Å². The third-order valence-electron chi connectivity index (χ3n) is 7.20. The van der Waals surface area contributed by atoms with Gasteiger partial charge >= 0.3 is 5.91 Å². The molecule has 0 aliphatic carbocycles. The molecule has 45 heavy (non-hydrogen) atoms. The molecule has 1 aliphatic heterocycles. The molecule has 12 heteroatoms. The van der Waals surface area contributed by atoms with Crippen LogP contribution in [0.3, 0.4) is 0 Å². The van der Waals surface area contributed by atoms with Crippen LogP contribution in [0.2, 0.25) is 10.0 Å². The number of ketones is 1. The predicted molar refractivity (Wildman–Crippen MR) is 177 cm³/mol. The summed E-state index contributed by atoms with van der Waals surface area (Å²) in [6.45, 7) is 2.41. The highest BCUT2D eigenvalue weighted by Crippen LogP contribution is 2.44. The quantitative estimate of drug-likeness (QED) is 0.0550. The van der Waals surface area contributed by atoms with Gasteiger partial charge in [-0.25, -0.2) is 0 Å². The van der Waals surface area contributed by atoms with E-state index >= 15 is 0 Å². The van der Waals surface area contributed by atoms with Gasteiger partial charge in [0.2, 0.25) is 5.13 Å². The molecule has 8 nitrogen and oxygen atoms in total. The second-order valence-corrected chi connectivity index (χ2v) is 13.1. The van der Waals surface area contributed by atoms with Crippen molar-refractivity contribution in [2.75, 3.05) is 4.90 Å². The lowest BCUT2D eigenvalue weighted by Crippen LogP contribution is -2.29. The highest BCUT2D eigenvalue weighted by molar-refractivity contribution is 8.00. The fraction of sp³-hybridized carbons (Fsp3) is 0.121. The molecule has 1 saturated heterocycles. The first kappa shape index (κ1) is 30.8. The van der Waals surface area contributed by atoms with E-state index in [4.69, 9.17) is 27.9 Å². The zero-order valence-electron chi connectivity index (χ0n) is 23.7. The van der Waals surface area contributed by atoms with Crippen LogP contribution in [0.1, 0.15) is 33.9 Å². The number of anilines is 1. The Labute approximate surface area is 277 Å². The molecular weight excluding hydrogens is 651 g/mol. The van der Waals surface area contributed by atoms with Crippen LogP contribution in [-0.2, 0) is 21.9 Å². The number of ether oxygens (including phenoxy) is 1. The lowest BCUT2D eigenvalue weighted by Gasteiger charge is -2.22. The minimum absolute atomic E-state index is 0.0704. The molecular formula is C33H24Cl2N4O4S2. The first-order valence-electron chi connectivity index (χ1n) is 13.7. The third kappa shape index (κ3) is 6.60. The molecule has 3 aromatic carbocycles. The molecule has 1 aliphatic rings. The summed E-state index contributed by atoms with van der Waals surface area (Å²) in [5.41, 5.74) is 3.88. The van der Waals surface area contributed by atoms with Crippen LogP contribution >= 0.6 is 46.3 Å². The number of hydrogen-bond donors (Lipinski definition) is 1. The number of nitrogens with zero attached hydrogens (tertiary/aromatic N) is 4. The average Bonchev–Trinajstić information content (AvgIpc) is 3.62. The van der Waals surface area contributed by atoms with Crippen LogP contribution in [-0.4, -0.2) is 32.0 Å². The lowest BCUT2D eigenvalue weighted by molar-refractivity contribution is -0.132. The fourth-order valence-corrected chi connectivity index (χ4v) is 7.24. The molecule has 1 amide bonds. The van der Waals surface area contributed by atoms with E-state index in [1.54, 1.807) is 60.9 Å². The summed E-state index contributed by atoms with van der Waals surface area (Å²) in [5.74, 6) is -0.875. The number of aromatic nitrogens is 3. The maximum atomic E-state index is 13.5. The highest BCUT2D eigenvalue weighted by atomic mass is 35.5. The van der Waals surface area contributed by atoms with Crippen LogP contribution in [0.4, 0.5) is 5.13 Å². The normalized spacial score (nSPS) is 15.9. The van der Waals surface area contributed by atoms with Crippen LogP contribution < -0.4 is 9.64 Å². The van der Waals surface area contributed by atoms with Gasteiger partial charge in [-0.3, -0.25) is 19.5 Å². The van der Waals surface area contributed by atoms with Gasteiger partial charge in [0, 0.05) is 33.8 Å². The molecule has 2 aromatic heterocycles. The summed E-state index contributed by atoms with van der Waals surface area (Å²) in [5, 5.41) is 21.2. The zero-order valence-corrected chi connectivity index (χ0v) is 26.8. The summed E-state index contributed by atoms with van der Waals surface area (Å²) in [6.07, 6.45) is 3.14. The van der Waals surface area contributed by atoms with E-state index in [-0.39, 0.29) is 16.5 Å². The number of pyridine rings is 1. The standard InChI is InChI=1S/C33H24Cl2N4O4S2/c1-19-5-2-3-6-22(19)17-43-25-12-9-20(10-13-25)29(40)27-28(21-7-4-14-36-16-21)39(31(42)30(27)41)32-37-38-33(45-32)44-18-23-8-11-24(34)15-26(23)35/h2-16,28,40H,17-18H2,1H3/b29-27+. The summed E-state index contributed by atoms with van der Waals surface area (Å²) in [7, 11) is 0. The van der Waals surface area contributed by atoms with E-state index in [0.717, 1.165) is 28.0 Å². The largest absolute Gasteiger partial charge is 0.507 e. The number of aliphatic hydroxyl groups excluding tert-OH is 1. The van der Waals surface area contributed by atoms with Crippen molar-refractivity contribution in [3.05, 3.63) is 135 Å². The molecule has 0 spiro atoms. The van der Waals surface area contributed by atoms with E-state index in [1.165, 1.54) is 16.7 Å². The zero-order chi connectivity index (χ0) is 31.5. The first-order valence-corrected chi connectivity index (χ1v) is 16.2. The minimum atomic E-state index is -0.966. The van der Waals surface area contributed by atoms with Gasteiger partial charge < -0.3 is 9.84 Å². The third-order valence-corrected chi connectivity index (χ3v) is 9.89. The first-order chi connectivity index (χ1) is 21.8. The Kier molecular flexibility index (Phi) is 9.18. The van der Waals surface area contributed by atoms with Gasteiger partial charge in [-0.2, -0.15) is 0 Å². The van der Waals surface area contributed by atoms with E-state index in [1.807, 2.05) is 37.3 Å². The summed E-state index contributed by atoms with van der Waals surface area (Å²) >= 11 is 14.9. The number of rotatable bonds is 9. The Morgan fingerprint density at radius 3 is 2.53 bits per heavy atom. The number of hydrogen-bond acceptors (Lipinski definition) is 9. The summed E-state index contributed by atoms with van der Waals surface area (Å²) < 4.78 is 6.51. The van der Waals surface area contributed by atoms with Gasteiger partial charge in [0.25, 0.3) is 5.78 Å². The number of benzene rings is 3. The van der Waals surface area contributed by atoms with E-state index in [9.17, 15) is 14.7 Å². The smallest absolute Gasteiger partial charge is 0.301 e. The number of carbonyl (C=O) groups excluding carboxylic acids is 2. The summed E-state index contributed by atoms with van der Waals surface area (Å²) in [6, 6.07) is 22.4. The number of Topliss-reactive ketones (excluding diaryl/α,β-unsaturated/α-hetero) is 1. The highest BCUT2D eigenvalue weighted by Gasteiger charge is 2.48. The molecule has 1 atom stereocenters. The van der Waals surface area contributed by atoms with Gasteiger partial charge in [0.15, 0.2) is 4.34 Å². The van der Waals surface area contributed by atoms with Gasteiger partial charge in [-0.1, -0.05) is 82.7 Å². The lowest BCUT2D eigenvalue weighted by atomic mass is 9.96. The van der Waals surface area contributed by atoms with Crippen molar-refractivity contribution in [2.45, 2.75) is 29.7 Å². The van der Waals surface area contributed by atoms with Crippen LogP contribution in [0.25, 0.3) is 5.76 Å². The molecule has 0 bridgehead atoms. The second-order valence-electron chi connectivity index (χ2n) is 10.1. The molecule has 6 rings (SSSR count). The van der Waals surface area contributed by atoms with Crippen molar-refractivity contribution in [3.63, 3.8) is 0 Å². The van der Waals surface area contributed by atoms with E-state index in [2.05, 4.69) is 15.2 Å². The van der Waals surface area contributed by atoms with Crippen molar-refractivity contribution >= 4 is 68.9 Å². The van der Waals surface area contributed by atoms with Gasteiger partial charge in [0.1, 0.15) is 18.1 Å². The number of aryl methyl sites for hydroxylation is 1. The van der Waals surface area contributed by atoms with E-state index < -0.39 is 17.7 Å². The SMILES string of the molecule is Cc1ccccc1COc1ccc(/C(O)=C2\C(=O)C(=O)N(c3nnc(SCc4ccc(Cl)cc4Cl)s3)C2c2cccnc2)cc1. The Morgan fingerprint density at radius 1 is 1.00 bits per heavy atom. The van der Waals surface area contributed by atoms with Gasteiger partial charge in [-0.05, 0) is 71.6 Å². The number of amides is 1. The molecule has 1 fully saturated rings. The van der Waals surface area contributed by atoms with Gasteiger partial charge in [-0.15, -0.1) is 10.2 Å². The van der Waals surface area contributed by atoms with Crippen molar-refractivity contribution in [2.24, 2.45) is 0 Å². The molecule has 1 N–H and O–H groups in total. The van der Waals surface area contributed by atoms with Crippen molar-refractivity contribution in [1.29, 1.82) is 0 Å². The van der Waals surface area contributed by atoms with Crippen LogP contribution in [0, 0.1) is 6.92 Å². The molecule has 226 valence electrons. The number of halogens is 2. The average molecular weight is 676 g/mol. The maximum Gasteiger partial charge on any atom is 0.301 e. The molecule has 0 saturated carbocycles. The number of carbonyl (C=O) groups is 2. The second kappa shape index (κ2) is 13.4. The Bertz CT molecular complexity index is 1920. The van der Waals surface area contributed by atoms with Crippen molar-refractivity contribution < 1.29 is 19.4 Å². The number of aliphatic hydroxyl groups is 1.